The molecule has 1 N–H and O–H groups in total. The van der Waals surface area contributed by atoms with Crippen LogP contribution in [0.2, 0.25) is 0 Å². The third-order valence-electron chi connectivity index (χ3n) is 0.686. The molecule has 0 aliphatic carbocycles. The molecule has 0 radical (unpaired) electrons. The number of aryl methyl sites for hydroxylation is 1. The van der Waals surface area contributed by atoms with Crippen LogP contribution in [-0.4, -0.2) is 4.98 Å². The standard InChI is InChI=1S/C5H6N.Os.2H/c1-5-2-3-6-4-5;;;/h2-3,6H,1H3;;;/q-1;+2;2*-1. The fourth-order valence-electron chi connectivity index (χ4n) is 0.364. The third kappa shape index (κ3) is 1.90. The van der Waals surface area contributed by atoms with Crippen LogP contribution in [0, 0.1) is 13.1 Å². The number of rotatable bonds is 0. The van der Waals surface area contributed by atoms with E-state index in [1.165, 1.54) is 0 Å². The first kappa shape index (κ1) is 6.92. The quantitative estimate of drug-likeness (QED) is 0.686. The number of aromatic amines is 1. The van der Waals surface area contributed by atoms with E-state index in [1.807, 2.05) is 19.2 Å². The van der Waals surface area contributed by atoms with Crippen molar-refractivity contribution in [1.29, 1.82) is 0 Å². The molecular weight excluding hydrogens is 264 g/mol. The molecule has 0 fully saturated rings. The third-order valence-corrected chi connectivity index (χ3v) is 0.686. The maximum Gasteiger partial charge on any atom is 2.00 e. The van der Waals surface area contributed by atoms with Crippen LogP contribution in [0.1, 0.15) is 8.42 Å². The van der Waals surface area contributed by atoms with E-state index in [0.29, 0.717) is 0 Å². The second-order valence-electron chi connectivity index (χ2n) is 1.29. The summed E-state index contributed by atoms with van der Waals surface area (Å²) in [6.07, 6.45) is 4.73. The van der Waals surface area contributed by atoms with Crippen LogP contribution >= 0.6 is 0 Å². The largest absolute Gasteiger partial charge is 2.00 e. The molecule has 0 aliphatic heterocycles. The maximum atomic E-state index is 2.88. The van der Waals surface area contributed by atoms with Gasteiger partial charge in [-0.3, -0.25) is 0 Å². The fraction of sp³-hybridized carbons (Fsp3) is 0.200. The van der Waals surface area contributed by atoms with Gasteiger partial charge in [-0.05, 0) is 0 Å². The number of nitrogens with one attached hydrogen (secondary N) is 1. The Morgan fingerprint density at radius 3 is 2.71 bits per heavy atom. The van der Waals surface area contributed by atoms with Crippen molar-refractivity contribution in [2.45, 2.75) is 6.92 Å². The molecule has 2 heteroatoms. The molecule has 0 aliphatic rings. The van der Waals surface area contributed by atoms with E-state index < -0.39 is 0 Å². The van der Waals surface area contributed by atoms with Gasteiger partial charge in [-0.2, -0.15) is 17.8 Å². The molecule has 0 spiro atoms. The minimum atomic E-state index is 0. The molecule has 0 saturated carbocycles. The van der Waals surface area contributed by atoms with Gasteiger partial charge in [0.1, 0.15) is 0 Å². The van der Waals surface area contributed by atoms with Gasteiger partial charge in [0.2, 0.25) is 0 Å². The predicted octanol–water partition coefficient (Wildman–Crippen LogP) is 1.35. The Morgan fingerprint density at radius 2 is 2.57 bits per heavy atom. The van der Waals surface area contributed by atoms with Crippen molar-refractivity contribution in [2.24, 2.45) is 0 Å². The van der Waals surface area contributed by atoms with Crippen molar-refractivity contribution in [1.82, 2.24) is 4.98 Å². The van der Waals surface area contributed by atoms with Crippen LogP contribution < -0.4 is 0 Å². The summed E-state index contributed by atoms with van der Waals surface area (Å²) in [5, 5.41) is 0. The zero-order valence-electron chi connectivity index (χ0n) is 6.01. The molecule has 7 heavy (non-hydrogen) atoms. The van der Waals surface area contributed by atoms with Gasteiger partial charge in [0.05, 0.1) is 0 Å². The Kier molecular flexibility index (Phi) is 2.95. The molecule has 1 aromatic rings. The van der Waals surface area contributed by atoms with Crippen LogP contribution in [0.5, 0.6) is 0 Å². The molecule has 0 bridgehead atoms. The van der Waals surface area contributed by atoms with Crippen molar-refractivity contribution in [3.63, 3.8) is 0 Å². The van der Waals surface area contributed by atoms with Crippen LogP contribution in [0.25, 0.3) is 0 Å². The van der Waals surface area contributed by atoms with Crippen LogP contribution in [0.3, 0.4) is 0 Å². The molecule has 42 valence electrons. The molecule has 1 heterocycles. The smallest absolute Gasteiger partial charge is 1.00 e. The zero-order chi connectivity index (χ0) is 4.41. The maximum absolute atomic E-state index is 2.88. The summed E-state index contributed by atoms with van der Waals surface area (Å²) in [4.78, 5) is 2.80. The molecular formula is C5H8NOs-. The van der Waals surface area contributed by atoms with Crippen molar-refractivity contribution in [3.05, 3.63) is 24.0 Å². The van der Waals surface area contributed by atoms with Gasteiger partial charge >= 0.3 is 19.8 Å². The van der Waals surface area contributed by atoms with Crippen molar-refractivity contribution in [2.75, 3.05) is 0 Å². The van der Waals surface area contributed by atoms with Gasteiger partial charge in [0.25, 0.3) is 0 Å². The van der Waals surface area contributed by atoms with E-state index in [0.717, 1.165) is 5.56 Å². The predicted molar refractivity (Wildman–Crippen MR) is 26.6 cm³/mol. The van der Waals surface area contributed by atoms with Gasteiger partial charge in [-0.1, -0.05) is 6.92 Å². The second kappa shape index (κ2) is 2.99. The molecule has 1 rings (SSSR count). The zero-order valence-corrected chi connectivity index (χ0v) is 6.55. The van der Waals surface area contributed by atoms with Gasteiger partial charge in [-0.15, -0.1) is 6.20 Å². The topological polar surface area (TPSA) is 15.8 Å². The molecule has 0 unspecified atom stereocenters. The summed E-state index contributed by atoms with van der Waals surface area (Å²) in [5.74, 6) is 0. The van der Waals surface area contributed by atoms with Gasteiger partial charge in [-0.25, -0.2) is 0 Å². The normalized spacial score (nSPS) is 7.57. The first-order valence-corrected chi connectivity index (χ1v) is 1.91. The van der Waals surface area contributed by atoms with E-state index in [4.69, 9.17) is 0 Å². The number of hydrogen-bond acceptors (Lipinski definition) is 0. The van der Waals surface area contributed by atoms with Gasteiger partial charge in [0.15, 0.2) is 0 Å². The van der Waals surface area contributed by atoms with Gasteiger partial charge in [0, 0.05) is 0 Å². The minimum Gasteiger partial charge on any atom is -1.00 e. The summed E-state index contributed by atoms with van der Waals surface area (Å²) in [5.41, 5.74) is 1.16. The summed E-state index contributed by atoms with van der Waals surface area (Å²) in [7, 11) is 0. The molecule has 0 atom stereocenters. The first-order chi connectivity index (χ1) is 2.89. The van der Waals surface area contributed by atoms with E-state index in [9.17, 15) is 0 Å². The molecule has 1 nitrogen and oxygen atoms in total. The van der Waals surface area contributed by atoms with Crippen LogP contribution in [0.15, 0.2) is 12.3 Å². The Balaban J connectivity index is -0.000000120. The van der Waals surface area contributed by atoms with E-state index in [1.54, 1.807) is 0 Å². The van der Waals surface area contributed by atoms with E-state index in [2.05, 4.69) is 11.2 Å². The molecule has 0 amide bonds. The van der Waals surface area contributed by atoms with Crippen LogP contribution in [0.4, 0.5) is 0 Å². The van der Waals surface area contributed by atoms with Crippen molar-refractivity contribution < 1.29 is 22.6 Å². The second-order valence-corrected chi connectivity index (χ2v) is 1.29. The Labute approximate surface area is 59.2 Å². The minimum absolute atomic E-state index is 0. The van der Waals surface area contributed by atoms with Crippen molar-refractivity contribution >= 4 is 0 Å². The summed E-state index contributed by atoms with van der Waals surface area (Å²) >= 11 is 0. The SMILES string of the molecule is Cc1[c-][nH]cc1.[H-].[H-].[Os+2]. The fourth-order valence-corrected chi connectivity index (χ4v) is 0.364. The summed E-state index contributed by atoms with van der Waals surface area (Å²) in [6.45, 7) is 2.00. The van der Waals surface area contributed by atoms with Crippen LogP contribution in [-0.2, 0) is 19.8 Å². The Hall–Kier alpha value is -0.0836. The first-order valence-electron chi connectivity index (χ1n) is 1.91. The van der Waals surface area contributed by atoms with E-state index >= 15 is 0 Å². The number of H-pyrrole nitrogens is 1. The summed E-state index contributed by atoms with van der Waals surface area (Å²) < 4.78 is 0. The Morgan fingerprint density at radius 1 is 1.86 bits per heavy atom. The van der Waals surface area contributed by atoms with Gasteiger partial charge < -0.3 is 7.84 Å². The molecule has 0 aromatic carbocycles. The number of aromatic nitrogens is 1. The monoisotopic (exact) mass is 274 g/mol. The van der Waals surface area contributed by atoms with Crippen molar-refractivity contribution in [3.8, 4) is 0 Å². The Bertz CT molecular complexity index is 119. The average Bonchev–Trinajstić information content (AvgIpc) is 1.86. The molecule has 0 saturated heterocycles. The number of hydrogen-bond donors (Lipinski definition) is 1. The molecule has 1 aromatic heterocycles. The van der Waals surface area contributed by atoms with E-state index in [-0.39, 0.29) is 22.6 Å². The summed E-state index contributed by atoms with van der Waals surface area (Å²) in [6, 6.07) is 1.97. The average molecular weight is 272 g/mol.